The van der Waals surface area contributed by atoms with E-state index in [1.165, 1.54) is 31.4 Å². The Morgan fingerprint density at radius 3 is 3.00 bits per heavy atom. The maximum Gasteiger partial charge on any atom is 0.0794 e. The summed E-state index contributed by atoms with van der Waals surface area (Å²) in [5.41, 5.74) is 9.24. The van der Waals surface area contributed by atoms with Gasteiger partial charge in [0.25, 0.3) is 0 Å². The van der Waals surface area contributed by atoms with E-state index in [-0.39, 0.29) is 0 Å². The van der Waals surface area contributed by atoms with Gasteiger partial charge in [-0.2, -0.15) is 0 Å². The average Bonchev–Trinajstić information content (AvgIpc) is 2.71. The van der Waals surface area contributed by atoms with Gasteiger partial charge >= 0.3 is 0 Å². The van der Waals surface area contributed by atoms with Gasteiger partial charge in [-0.1, -0.05) is 13.3 Å². The Kier molecular flexibility index (Phi) is 3.76. The zero-order valence-corrected chi connectivity index (χ0v) is 10.2. The summed E-state index contributed by atoms with van der Waals surface area (Å²) in [7, 11) is 0. The molecule has 1 fully saturated rings. The highest BCUT2D eigenvalue weighted by Gasteiger charge is 2.27. The first-order valence-electron chi connectivity index (χ1n) is 5.92. The molecule has 1 heterocycles. The van der Waals surface area contributed by atoms with Crippen LogP contribution in [0.25, 0.3) is 0 Å². The van der Waals surface area contributed by atoms with Crippen molar-refractivity contribution in [1.29, 1.82) is 0 Å². The van der Waals surface area contributed by atoms with Crippen molar-refractivity contribution < 1.29 is 0 Å². The first-order chi connectivity index (χ1) is 7.29. The second kappa shape index (κ2) is 5.08. The van der Waals surface area contributed by atoms with Crippen LogP contribution in [0.4, 0.5) is 0 Å². The highest BCUT2D eigenvalue weighted by atomic mass is 32.1. The summed E-state index contributed by atoms with van der Waals surface area (Å²) >= 11 is 1.70. The molecule has 1 aliphatic rings. The first kappa shape index (κ1) is 11.1. The highest BCUT2D eigenvalue weighted by molar-refractivity contribution is 7.07. The Labute approximate surface area is 95.9 Å². The van der Waals surface area contributed by atoms with Gasteiger partial charge in [0, 0.05) is 11.4 Å². The van der Waals surface area contributed by atoms with Crippen LogP contribution < -0.4 is 5.73 Å². The third-order valence-electron chi connectivity index (χ3n) is 3.66. The fourth-order valence-electron chi connectivity index (χ4n) is 2.76. The lowest BCUT2D eigenvalue weighted by Crippen LogP contribution is -2.34. The number of hydrogen-bond acceptors (Lipinski definition) is 3. The van der Waals surface area contributed by atoms with E-state index in [9.17, 15) is 0 Å². The minimum Gasteiger partial charge on any atom is -0.328 e. The molecule has 1 aromatic rings. The van der Waals surface area contributed by atoms with Crippen LogP contribution in [-0.4, -0.2) is 11.0 Å². The van der Waals surface area contributed by atoms with Crippen molar-refractivity contribution >= 4 is 11.3 Å². The molecule has 0 radical (unpaired) electrons. The van der Waals surface area contributed by atoms with Crippen molar-refractivity contribution in [3.8, 4) is 0 Å². The fraction of sp³-hybridized carbons (Fsp3) is 0.750. The Hall–Kier alpha value is -0.410. The Morgan fingerprint density at radius 1 is 1.47 bits per heavy atom. The SMILES string of the molecule is CCC1CCC(N)CC1Cc1cscn1. The van der Waals surface area contributed by atoms with Crippen LogP contribution in [0.15, 0.2) is 10.9 Å². The molecule has 1 aliphatic carbocycles. The summed E-state index contributed by atoms with van der Waals surface area (Å²) in [6.45, 7) is 2.30. The minimum absolute atomic E-state index is 0.427. The molecule has 0 aliphatic heterocycles. The molecule has 0 spiro atoms. The minimum atomic E-state index is 0.427. The van der Waals surface area contributed by atoms with E-state index in [1.54, 1.807) is 11.3 Å². The zero-order chi connectivity index (χ0) is 10.7. The van der Waals surface area contributed by atoms with Crippen LogP contribution in [0.1, 0.15) is 38.3 Å². The van der Waals surface area contributed by atoms with Gasteiger partial charge in [0.2, 0.25) is 0 Å². The third-order valence-corrected chi connectivity index (χ3v) is 4.29. The van der Waals surface area contributed by atoms with Crippen molar-refractivity contribution in [2.45, 2.75) is 45.1 Å². The first-order valence-corrected chi connectivity index (χ1v) is 6.86. The van der Waals surface area contributed by atoms with Crippen molar-refractivity contribution in [2.75, 3.05) is 0 Å². The molecule has 0 saturated heterocycles. The monoisotopic (exact) mass is 224 g/mol. The van der Waals surface area contributed by atoms with Crippen LogP contribution in [0.5, 0.6) is 0 Å². The van der Waals surface area contributed by atoms with Crippen LogP contribution in [0.3, 0.4) is 0 Å². The topological polar surface area (TPSA) is 38.9 Å². The molecule has 0 amide bonds. The summed E-state index contributed by atoms with van der Waals surface area (Å²) in [4.78, 5) is 4.38. The largest absolute Gasteiger partial charge is 0.328 e. The fourth-order valence-corrected chi connectivity index (χ4v) is 3.33. The Balaban J connectivity index is 1.98. The second-order valence-electron chi connectivity index (χ2n) is 4.69. The van der Waals surface area contributed by atoms with E-state index in [1.807, 2.05) is 5.51 Å². The number of rotatable bonds is 3. The predicted molar refractivity (Wildman–Crippen MR) is 64.9 cm³/mol. The van der Waals surface area contributed by atoms with E-state index in [0.717, 1.165) is 18.3 Å². The van der Waals surface area contributed by atoms with E-state index in [2.05, 4.69) is 17.3 Å². The van der Waals surface area contributed by atoms with Crippen LogP contribution >= 0.6 is 11.3 Å². The molecule has 1 aromatic heterocycles. The summed E-state index contributed by atoms with van der Waals surface area (Å²) in [5, 5.41) is 2.17. The molecular formula is C12H20N2S. The molecule has 15 heavy (non-hydrogen) atoms. The number of hydrogen-bond donors (Lipinski definition) is 1. The van der Waals surface area contributed by atoms with E-state index in [0.29, 0.717) is 6.04 Å². The van der Waals surface area contributed by atoms with Gasteiger partial charge in [0.05, 0.1) is 11.2 Å². The molecule has 0 bridgehead atoms. The van der Waals surface area contributed by atoms with Crippen LogP contribution in [0, 0.1) is 11.8 Å². The molecular weight excluding hydrogens is 204 g/mol. The van der Waals surface area contributed by atoms with E-state index >= 15 is 0 Å². The Morgan fingerprint density at radius 2 is 2.33 bits per heavy atom. The van der Waals surface area contributed by atoms with Crippen LogP contribution in [0.2, 0.25) is 0 Å². The van der Waals surface area contributed by atoms with Gasteiger partial charge in [-0.3, -0.25) is 0 Å². The highest BCUT2D eigenvalue weighted by Crippen LogP contribution is 2.33. The second-order valence-corrected chi connectivity index (χ2v) is 5.40. The number of nitrogens with zero attached hydrogens (tertiary/aromatic N) is 1. The van der Waals surface area contributed by atoms with Crippen molar-refractivity contribution in [1.82, 2.24) is 4.98 Å². The quantitative estimate of drug-likeness (QED) is 0.857. The van der Waals surface area contributed by atoms with Crippen molar-refractivity contribution in [3.05, 3.63) is 16.6 Å². The lowest BCUT2D eigenvalue weighted by atomic mass is 9.74. The molecule has 0 aromatic carbocycles. The summed E-state index contributed by atoms with van der Waals surface area (Å²) in [5.74, 6) is 1.63. The lowest BCUT2D eigenvalue weighted by Gasteiger charge is -2.34. The maximum absolute atomic E-state index is 6.05. The van der Waals surface area contributed by atoms with Gasteiger partial charge < -0.3 is 5.73 Å². The lowest BCUT2D eigenvalue weighted by molar-refractivity contribution is 0.208. The smallest absolute Gasteiger partial charge is 0.0794 e. The maximum atomic E-state index is 6.05. The molecule has 3 heteroatoms. The molecule has 3 unspecified atom stereocenters. The van der Waals surface area contributed by atoms with E-state index < -0.39 is 0 Å². The molecule has 3 atom stereocenters. The van der Waals surface area contributed by atoms with Crippen molar-refractivity contribution in [2.24, 2.45) is 17.6 Å². The van der Waals surface area contributed by atoms with Gasteiger partial charge in [-0.25, -0.2) is 4.98 Å². The zero-order valence-electron chi connectivity index (χ0n) is 9.36. The molecule has 2 N–H and O–H groups in total. The van der Waals surface area contributed by atoms with Gasteiger partial charge in [-0.05, 0) is 37.5 Å². The summed E-state index contributed by atoms with van der Waals surface area (Å²) in [6, 6.07) is 0.427. The molecule has 1 saturated carbocycles. The number of thiazole rings is 1. The third kappa shape index (κ3) is 2.79. The molecule has 2 rings (SSSR count). The van der Waals surface area contributed by atoms with Gasteiger partial charge in [-0.15, -0.1) is 11.3 Å². The normalized spacial score (nSPS) is 31.7. The van der Waals surface area contributed by atoms with E-state index in [4.69, 9.17) is 5.73 Å². The number of nitrogens with two attached hydrogens (primary N) is 1. The average molecular weight is 224 g/mol. The summed E-state index contributed by atoms with van der Waals surface area (Å²) in [6.07, 6.45) is 6.14. The van der Waals surface area contributed by atoms with Crippen LogP contribution in [-0.2, 0) is 6.42 Å². The predicted octanol–water partition coefficient (Wildman–Crippen LogP) is 2.84. The summed E-state index contributed by atoms with van der Waals surface area (Å²) < 4.78 is 0. The Bertz CT molecular complexity index is 284. The van der Waals surface area contributed by atoms with Gasteiger partial charge in [0.1, 0.15) is 0 Å². The number of aromatic nitrogens is 1. The standard InChI is InChI=1S/C12H20N2S/c1-2-9-3-4-11(13)5-10(9)6-12-7-15-8-14-12/h7-11H,2-6,13H2,1H3. The molecule has 84 valence electrons. The van der Waals surface area contributed by atoms with Gasteiger partial charge in [0.15, 0.2) is 0 Å². The van der Waals surface area contributed by atoms with Crippen molar-refractivity contribution in [3.63, 3.8) is 0 Å². The molecule has 2 nitrogen and oxygen atoms in total.